The molecule has 1 aromatic heterocycles. The Balaban J connectivity index is 0.768. The summed E-state index contributed by atoms with van der Waals surface area (Å²) in [7, 11) is 0. The quantitative estimate of drug-likeness (QED) is 0.0291. The van der Waals surface area contributed by atoms with Crippen LogP contribution in [0.3, 0.4) is 0 Å². The first-order valence-electron chi connectivity index (χ1n) is 42.2. The van der Waals surface area contributed by atoms with Gasteiger partial charge in [0.1, 0.15) is 84.6 Å². The van der Waals surface area contributed by atoms with E-state index in [-0.39, 0.29) is 114 Å². The molecule has 0 unspecified atom stereocenters. The molecular formula is C80H117N19O20. The Morgan fingerprint density at radius 2 is 0.866 bits per heavy atom. The fourth-order valence-corrected chi connectivity index (χ4v) is 17.8. The van der Waals surface area contributed by atoms with Crippen LogP contribution in [0.5, 0.6) is 0 Å². The number of likely N-dealkylation sites (tertiary alicyclic amines) is 7. The van der Waals surface area contributed by atoms with Gasteiger partial charge in [-0.15, -0.1) is 0 Å². The summed E-state index contributed by atoms with van der Waals surface area (Å²) in [5, 5.41) is 50.9. The summed E-state index contributed by atoms with van der Waals surface area (Å²) in [6.45, 7) is 5.07. The highest BCUT2D eigenvalue weighted by Crippen LogP contribution is 2.35. The molecule has 10 rings (SSSR count). The zero-order valence-corrected chi connectivity index (χ0v) is 67.7. The molecule has 0 bridgehead atoms. The standard InChI is InChI=1S/C80H117N19O20/c1-3-46(2)65(72(110)87-49(19-7-8-32-81)66(104)86-50(28-30-63(82)101)67(105)88-52(80(118)119)29-31-64(102)103)92-69(107)53(41-47-17-5-4-6-18-47)89-70(108)55(44-100)91-68(106)54(42-48-43-83-45-85-48)90-71(109)56-21-10-34-93(56)74(112)58-23-12-36-95(58)76(114)60-25-14-38-97(60)78(116)62-27-16-40-99(62)79(117)61-26-15-39-98(61)77(115)59-24-13-37-96(59)75(113)57-22-11-35-94(57)73(111)51-20-9-33-84-51/h4-6,17-18,43,45-46,49-62,65,84,100H,3,7-16,19-42,44,81H2,1-2H3,(H2,82,101)(H,83,85)(H,86,104)(H,87,110)(H,88,105)(H,89,108)(H,90,109)(H,91,106)(H,92,107)(H,102,103)(H,118,119)/t46-,49-,50-,51-,52-,53-,54-,55-,56-,57-,58-,59-,60-,61-,62-,65-/m0/s1. The van der Waals surface area contributed by atoms with Crippen molar-refractivity contribution in [2.75, 3.05) is 65.5 Å². The number of benzene rings is 1. The van der Waals surface area contributed by atoms with Gasteiger partial charge in [-0.25, -0.2) is 9.78 Å². The molecule has 39 heteroatoms. The number of H-pyrrole nitrogens is 1. The maximum absolute atomic E-state index is 15.0. The molecular weight excluding hydrogens is 1550 g/mol. The van der Waals surface area contributed by atoms with E-state index in [2.05, 4.69) is 52.5 Å². The minimum atomic E-state index is -1.80. The van der Waals surface area contributed by atoms with Crippen LogP contribution in [0.2, 0.25) is 0 Å². The van der Waals surface area contributed by atoms with E-state index in [9.17, 15) is 96.8 Å². The maximum Gasteiger partial charge on any atom is 0.326 e. The molecule has 652 valence electrons. The average molecular weight is 1660 g/mol. The Kier molecular flexibility index (Phi) is 32.6. The molecule has 15 amide bonds. The molecule has 0 saturated carbocycles. The number of hydrogen-bond donors (Lipinski definition) is 14. The average Bonchev–Trinajstić information content (AvgIpc) is 1.63. The van der Waals surface area contributed by atoms with E-state index in [4.69, 9.17) is 11.5 Å². The number of carboxylic acid groups (broad SMARTS) is 2. The number of aliphatic carboxylic acids is 2. The van der Waals surface area contributed by atoms with Crippen LogP contribution in [0, 0.1) is 5.92 Å². The van der Waals surface area contributed by atoms with Crippen LogP contribution in [-0.4, -0.2) is 316 Å². The summed E-state index contributed by atoms with van der Waals surface area (Å²) in [5.74, 6) is -13.6. The first kappa shape index (κ1) is 90.6. The summed E-state index contributed by atoms with van der Waals surface area (Å²) in [5.41, 5.74) is 12.0. The predicted molar refractivity (Wildman–Crippen MR) is 423 cm³/mol. The van der Waals surface area contributed by atoms with Gasteiger partial charge in [-0.2, -0.15) is 0 Å². The van der Waals surface area contributed by atoms with Crippen LogP contribution in [0.4, 0.5) is 0 Å². The topological polar surface area (TPSA) is 551 Å². The second-order valence-electron chi connectivity index (χ2n) is 32.4. The van der Waals surface area contributed by atoms with Gasteiger partial charge in [0.05, 0.1) is 19.0 Å². The number of carboxylic acids is 2. The van der Waals surface area contributed by atoms with Gasteiger partial charge in [0.25, 0.3) is 0 Å². The van der Waals surface area contributed by atoms with Crippen molar-refractivity contribution in [3.63, 3.8) is 0 Å². The van der Waals surface area contributed by atoms with Crippen LogP contribution >= 0.6 is 0 Å². The summed E-state index contributed by atoms with van der Waals surface area (Å²) < 4.78 is 0. The van der Waals surface area contributed by atoms with Crippen molar-refractivity contribution in [1.29, 1.82) is 0 Å². The monoisotopic (exact) mass is 1660 g/mol. The number of nitrogens with one attached hydrogen (secondary N) is 9. The Hall–Kier alpha value is -10.7. The number of carbonyl (C=O) groups excluding carboxylic acids is 15. The second kappa shape index (κ2) is 42.8. The molecule has 1 aromatic carbocycles. The van der Waals surface area contributed by atoms with Crippen LogP contribution in [0.1, 0.15) is 179 Å². The van der Waals surface area contributed by atoms with E-state index >= 15 is 0 Å². The van der Waals surface area contributed by atoms with Crippen molar-refractivity contribution >= 4 is 101 Å². The van der Waals surface area contributed by atoms with Crippen molar-refractivity contribution in [3.8, 4) is 0 Å². The SMILES string of the molecule is CC[C@H](C)[C@H](NC(=O)[C@H](Cc1ccccc1)NC(=O)[C@H](CO)NC(=O)[C@H](Cc1cnc[nH]1)NC(=O)[C@@H]1CCCN1C(=O)[C@@H]1CCCN1C(=O)[C@@H]1CCCN1C(=O)[C@@H]1CCCN1C(=O)[C@@H]1CCCN1C(=O)[C@@H]1CCCN1C(=O)[C@@H]1CCCN1C(=O)[C@@H]1CCCN1)C(=O)N[C@@H](CCCCN)C(=O)N[C@@H](CCC(N)=O)C(=O)N[C@@H](CCC(=O)O)C(=O)O. The fourth-order valence-electron chi connectivity index (χ4n) is 17.8. The summed E-state index contributed by atoms with van der Waals surface area (Å²) >= 11 is 0. The smallest absolute Gasteiger partial charge is 0.326 e. The third-order valence-corrected chi connectivity index (χ3v) is 24.4. The number of unbranched alkanes of at least 4 members (excludes halogenated alkanes) is 1. The third kappa shape index (κ3) is 22.8. The Bertz CT molecular complexity index is 4000. The number of nitrogens with zero attached hydrogens (tertiary/aromatic N) is 8. The van der Waals surface area contributed by atoms with Gasteiger partial charge in [0.2, 0.25) is 88.6 Å². The van der Waals surface area contributed by atoms with Gasteiger partial charge in [0.15, 0.2) is 0 Å². The highest BCUT2D eigenvalue weighted by atomic mass is 16.4. The number of primary amides is 1. The van der Waals surface area contributed by atoms with Crippen molar-refractivity contribution in [2.24, 2.45) is 17.4 Å². The number of amides is 15. The van der Waals surface area contributed by atoms with E-state index in [1.807, 2.05) is 0 Å². The Labute approximate surface area is 689 Å². The van der Waals surface area contributed by atoms with Gasteiger partial charge in [-0.05, 0) is 159 Å². The minimum absolute atomic E-state index is 0.0823. The molecule has 16 atom stereocenters. The van der Waals surface area contributed by atoms with Crippen LogP contribution < -0.4 is 54.0 Å². The number of imidazole rings is 1. The Morgan fingerprint density at radius 1 is 0.462 bits per heavy atom. The summed E-state index contributed by atoms with van der Waals surface area (Å²) in [4.78, 5) is 256. The molecule has 8 saturated heterocycles. The number of rotatable bonds is 39. The number of aliphatic hydroxyl groups excluding tert-OH is 1. The summed E-state index contributed by atoms with van der Waals surface area (Å²) in [6, 6.07) is -9.44. The third-order valence-electron chi connectivity index (χ3n) is 24.4. The van der Waals surface area contributed by atoms with E-state index in [1.54, 1.807) is 58.9 Å². The van der Waals surface area contributed by atoms with Gasteiger partial charge in [0, 0.05) is 83.4 Å². The van der Waals surface area contributed by atoms with Crippen molar-refractivity contribution < 1.29 is 96.8 Å². The largest absolute Gasteiger partial charge is 0.481 e. The van der Waals surface area contributed by atoms with E-state index in [0.717, 1.165) is 13.0 Å². The van der Waals surface area contributed by atoms with Crippen LogP contribution in [0.15, 0.2) is 42.9 Å². The number of aromatic amines is 1. The fraction of sp³-hybridized carbons (Fsp3) is 0.675. The van der Waals surface area contributed by atoms with Gasteiger partial charge >= 0.3 is 11.9 Å². The lowest BCUT2D eigenvalue weighted by molar-refractivity contribution is -0.155. The van der Waals surface area contributed by atoms with E-state index in [0.29, 0.717) is 114 Å². The molecule has 0 spiro atoms. The zero-order valence-electron chi connectivity index (χ0n) is 67.7. The second-order valence-corrected chi connectivity index (χ2v) is 32.4. The molecule has 8 aliphatic heterocycles. The molecule has 0 aliphatic carbocycles. The number of aliphatic hydroxyl groups is 1. The van der Waals surface area contributed by atoms with Gasteiger partial charge in [-0.1, -0.05) is 50.6 Å². The lowest BCUT2D eigenvalue weighted by atomic mass is 9.96. The first-order valence-corrected chi connectivity index (χ1v) is 42.2. The molecule has 16 N–H and O–H groups in total. The highest BCUT2D eigenvalue weighted by Gasteiger charge is 2.52. The van der Waals surface area contributed by atoms with E-state index < -0.39 is 200 Å². The molecule has 2 aromatic rings. The number of carbonyl (C=O) groups is 17. The Morgan fingerprint density at radius 3 is 1.29 bits per heavy atom. The molecule has 8 aliphatic rings. The molecule has 9 heterocycles. The molecule has 119 heavy (non-hydrogen) atoms. The van der Waals surface area contributed by atoms with E-state index in [1.165, 1.54) is 32.1 Å². The normalized spacial score (nSPS) is 23.6. The molecule has 0 radical (unpaired) electrons. The zero-order chi connectivity index (χ0) is 85.7. The predicted octanol–water partition coefficient (Wildman–Crippen LogP) is -3.34. The molecule has 39 nitrogen and oxygen atoms in total. The molecule has 8 fully saturated rings. The van der Waals surface area contributed by atoms with Gasteiger partial charge in [-0.3, -0.25) is 76.7 Å². The van der Waals surface area contributed by atoms with Crippen LogP contribution in [-0.2, 0) is 94.3 Å². The number of hydrogen-bond acceptors (Lipinski definition) is 21. The number of nitrogens with two attached hydrogens (primary N) is 2. The number of aromatic nitrogens is 2. The van der Waals surface area contributed by atoms with Crippen LogP contribution in [0.25, 0.3) is 0 Å². The van der Waals surface area contributed by atoms with Crippen molar-refractivity contribution in [1.82, 2.24) is 86.8 Å². The van der Waals surface area contributed by atoms with Crippen molar-refractivity contribution in [2.45, 2.75) is 271 Å². The first-order chi connectivity index (χ1) is 57.1. The van der Waals surface area contributed by atoms with Crippen molar-refractivity contribution in [3.05, 3.63) is 54.1 Å². The lowest BCUT2D eigenvalue weighted by Crippen LogP contribution is -2.62. The lowest BCUT2D eigenvalue weighted by Gasteiger charge is -2.37. The minimum Gasteiger partial charge on any atom is -0.481 e. The summed E-state index contributed by atoms with van der Waals surface area (Å²) in [6.07, 6.45) is 8.39. The maximum atomic E-state index is 15.0. The highest BCUT2D eigenvalue weighted by molar-refractivity contribution is 6.02. The van der Waals surface area contributed by atoms with Gasteiger partial charge < -0.3 is 109 Å².